The van der Waals surface area contributed by atoms with E-state index in [4.69, 9.17) is 0 Å². The van der Waals surface area contributed by atoms with Gasteiger partial charge in [-0.05, 0) is 25.0 Å². The molecule has 0 atom stereocenters. The number of imidazole rings is 1. The van der Waals surface area contributed by atoms with E-state index in [2.05, 4.69) is 24.6 Å². The molecular formula is C21H32N5O3+. The van der Waals surface area contributed by atoms with Crippen molar-refractivity contribution in [1.29, 1.82) is 0 Å². The van der Waals surface area contributed by atoms with Gasteiger partial charge in [-0.15, -0.1) is 0 Å². The number of carbonyl (C=O) groups is 3. The van der Waals surface area contributed by atoms with Crippen molar-refractivity contribution in [3.05, 3.63) is 44.0 Å². The molecule has 1 aromatic heterocycles. The zero-order chi connectivity index (χ0) is 21.2. The average molecular weight is 403 g/mol. The Labute approximate surface area is 172 Å². The minimum atomic E-state index is -0.320. The number of rotatable bonds is 10. The summed E-state index contributed by atoms with van der Waals surface area (Å²) in [4.78, 5) is 41.0. The molecule has 0 N–H and O–H groups in total. The Hall–Kier alpha value is -2.90. The quantitative estimate of drug-likeness (QED) is 0.338. The molecule has 2 heterocycles. The highest BCUT2D eigenvalue weighted by molar-refractivity contribution is 5.90. The maximum atomic E-state index is 12.7. The van der Waals surface area contributed by atoms with Crippen molar-refractivity contribution in [2.75, 3.05) is 20.0 Å². The van der Waals surface area contributed by atoms with Gasteiger partial charge in [-0.25, -0.2) is 9.13 Å². The van der Waals surface area contributed by atoms with Crippen molar-refractivity contribution in [2.24, 2.45) is 0 Å². The van der Waals surface area contributed by atoms with Gasteiger partial charge in [0.05, 0.1) is 39.5 Å². The van der Waals surface area contributed by atoms with Crippen LogP contribution >= 0.6 is 0 Å². The third kappa shape index (κ3) is 6.58. The standard InChI is InChI=1S/C21H32N5O3/c1-4-7-8-9-11-22-13-14-23(15-22)12-10-21(29)26-17-24(19(27)5-2)16-25(18-26)20(28)6-3/h5-6,13-15H,2-4,7-12,16-18H2,1H3/q+1. The van der Waals surface area contributed by atoms with Crippen LogP contribution in [0.25, 0.3) is 0 Å². The molecule has 1 aliphatic rings. The Morgan fingerprint density at radius 2 is 1.59 bits per heavy atom. The van der Waals surface area contributed by atoms with Crippen LogP contribution in [0.2, 0.25) is 0 Å². The Morgan fingerprint density at radius 3 is 2.17 bits per heavy atom. The minimum absolute atomic E-state index is 0.114. The lowest BCUT2D eigenvalue weighted by molar-refractivity contribution is -0.696. The molecule has 0 radical (unpaired) electrons. The summed E-state index contributed by atoms with van der Waals surface area (Å²) < 4.78 is 4.12. The largest absolute Gasteiger partial charge is 0.307 e. The van der Waals surface area contributed by atoms with Crippen LogP contribution in [-0.2, 0) is 27.5 Å². The Bertz CT molecular complexity index is 714. The molecule has 0 spiro atoms. The lowest BCUT2D eigenvalue weighted by Crippen LogP contribution is -2.59. The van der Waals surface area contributed by atoms with Crippen molar-refractivity contribution in [1.82, 2.24) is 19.3 Å². The molecule has 1 fully saturated rings. The predicted octanol–water partition coefficient (Wildman–Crippen LogP) is 1.49. The summed E-state index contributed by atoms with van der Waals surface area (Å²) in [6.45, 7) is 11.1. The molecule has 8 heteroatoms. The van der Waals surface area contributed by atoms with Crippen LogP contribution in [0.1, 0.15) is 39.0 Å². The number of hydrogen-bond acceptors (Lipinski definition) is 3. The highest BCUT2D eigenvalue weighted by Gasteiger charge is 2.30. The zero-order valence-corrected chi connectivity index (χ0v) is 17.3. The van der Waals surface area contributed by atoms with Gasteiger partial charge in [0.2, 0.25) is 24.0 Å². The summed E-state index contributed by atoms with van der Waals surface area (Å²) in [6, 6.07) is 0. The highest BCUT2D eigenvalue weighted by Crippen LogP contribution is 2.11. The Balaban J connectivity index is 1.90. The normalized spacial score (nSPS) is 14.0. The molecule has 0 unspecified atom stereocenters. The van der Waals surface area contributed by atoms with E-state index in [9.17, 15) is 14.4 Å². The first-order valence-electron chi connectivity index (χ1n) is 10.1. The molecule has 0 aromatic carbocycles. The number of nitrogens with zero attached hydrogens (tertiary/aromatic N) is 5. The number of unbranched alkanes of at least 4 members (excludes halogenated alkanes) is 3. The first-order chi connectivity index (χ1) is 14.0. The van der Waals surface area contributed by atoms with Gasteiger partial charge >= 0.3 is 0 Å². The lowest BCUT2D eigenvalue weighted by atomic mass is 10.2. The van der Waals surface area contributed by atoms with E-state index in [0.29, 0.717) is 6.54 Å². The van der Waals surface area contributed by atoms with Crippen LogP contribution in [0.3, 0.4) is 0 Å². The number of amides is 3. The summed E-state index contributed by atoms with van der Waals surface area (Å²) >= 11 is 0. The van der Waals surface area contributed by atoms with E-state index in [1.54, 1.807) is 0 Å². The van der Waals surface area contributed by atoms with E-state index in [0.717, 1.165) is 13.0 Å². The highest BCUT2D eigenvalue weighted by atomic mass is 16.2. The smallest absolute Gasteiger partial charge is 0.248 e. The van der Waals surface area contributed by atoms with Crippen molar-refractivity contribution in [3.8, 4) is 0 Å². The van der Waals surface area contributed by atoms with Crippen LogP contribution in [0.5, 0.6) is 0 Å². The molecule has 0 saturated carbocycles. The molecule has 0 aliphatic carbocycles. The van der Waals surface area contributed by atoms with E-state index in [-0.39, 0.29) is 44.1 Å². The van der Waals surface area contributed by atoms with Crippen LogP contribution < -0.4 is 4.57 Å². The van der Waals surface area contributed by atoms with E-state index in [1.165, 1.54) is 46.1 Å². The second-order valence-electron chi connectivity index (χ2n) is 7.22. The second-order valence-corrected chi connectivity index (χ2v) is 7.22. The fourth-order valence-corrected chi connectivity index (χ4v) is 3.25. The van der Waals surface area contributed by atoms with Crippen LogP contribution in [-0.4, -0.2) is 57.0 Å². The molecule has 0 bridgehead atoms. The first kappa shape index (κ1) is 22.4. The van der Waals surface area contributed by atoms with Crippen LogP contribution in [0, 0.1) is 0 Å². The van der Waals surface area contributed by atoms with Gasteiger partial charge in [0.25, 0.3) is 0 Å². The molecule has 1 saturated heterocycles. The SMILES string of the molecule is C=CC(=O)N1CN(C(=O)C=C)CN(C(=O)CCn2cc[n+](CCCCCC)c2)C1. The maximum Gasteiger partial charge on any atom is 0.248 e. The van der Waals surface area contributed by atoms with Gasteiger partial charge in [0, 0.05) is 0 Å². The summed E-state index contributed by atoms with van der Waals surface area (Å²) in [5, 5.41) is 0. The minimum Gasteiger partial charge on any atom is -0.307 e. The molecular weight excluding hydrogens is 370 g/mol. The summed E-state index contributed by atoms with van der Waals surface area (Å²) in [7, 11) is 0. The second kappa shape index (κ2) is 11.2. The van der Waals surface area contributed by atoms with Crippen LogP contribution in [0.4, 0.5) is 0 Å². The molecule has 8 nitrogen and oxygen atoms in total. The Kier molecular flexibility index (Phi) is 8.64. The number of aryl methyl sites for hydroxylation is 2. The van der Waals surface area contributed by atoms with Gasteiger partial charge in [0.15, 0.2) is 0 Å². The van der Waals surface area contributed by atoms with Crippen molar-refractivity contribution >= 4 is 17.7 Å². The van der Waals surface area contributed by atoms with Gasteiger partial charge in [-0.1, -0.05) is 32.9 Å². The summed E-state index contributed by atoms with van der Waals surface area (Å²) in [5.41, 5.74) is 0. The van der Waals surface area contributed by atoms with Crippen molar-refractivity contribution in [3.63, 3.8) is 0 Å². The van der Waals surface area contributed by atoms with Gasteiger partial charge in [0.1, 0.15) is 12.4 Å². The molecule has 158 valence electrons. The van der Waals surface area contributed by atoms with Crippen molar-refractivity contribution < 1.29 is 19.0 Å². The predicted molar refractivity (Wildman–Crippen MR) is 109 cm³/mol. The molecule has 2 rings (SSSR count). The maximum absolute atomic E-state index is 12.7. The Morgan fingerprint density at radius 1 is 0.966 bits per heavy atom. The van der Waals surface area contributed by atoms with Gasteiger partial charge < -0.3 is 14.7 Å². The lowest BCUT2D eigenvalue weighted by Gasteiger charge is -2.41. The fourth-order valence-electron chi connectivity index (χ4n) is 3.25. The van der Waals surface area contributed by atoms with Crippen molar-refractivity contribution in [2.45, 2.75) is 52.1 Å². The number of aromatic nitrogens is 2. The van der Waals surface area contributed by atoms with Crippen LogP contribution in [0.15, 0.2) is 44.0 Å². The molecule has 3 amide bonds. The first-order valence-corrected chi connectivity index (χ1v) is 10.1. The zero-order valence-electron chi connectivity index (χ0n) is 17.3. The molecule has 1 aromatic rings. The summed E-state index contributed by atoms with van der Waals surface area (Å²) in [5.74, 6) is -0.755. The fraction of sp³-hybridized carbons (Fsp3) is 0.524. The number of carbonyl (C=O) groups excluding carboxylic acids is 3. The van der Waals surface area contributed by atoms with E-state index >= 15 is 0 Å². The summed E-state index contributed by atoms with van der Waals surface area (Å²) in [6.07, 6.45) is 13.5. The van der Waals surface area contributed by atoms with Gasteiger partial charge in [-0.2, -0.15) is 0 Å². The van der Waals surface area contributed by atoms with Gasteiger partial charge in [-0.3, -0.25) is 14.4 Å². The molecule has 29 heavy (non-hydrogen) atoms. The average Bonchev–Trinajstić information content (AvgIpc) is 3.21. The number of hydrogen-bond donors (Lipinski definition) is 0. The van der Waals surface area contributed by atoms with E-state index in [1.807, 2.05) is 23.3 Å². The third-order valence-electron chi connectivity index (χ3n) is 4.95. The van der Waals surface area contributed by atoms with E-state index < -0.39 is 0 Å². The topological polar surface area (TPSA) is 69.7 Å². The third-order valence-corrected chi connectivity index (χ3v) is 4.95. The monoisotopic (exact) mass is 402 g/mol. The molecule has 1 aliphatic heterocycles.